The first-order valence-corrected chi connectivity index (χ1v) is 8.08. The zero-order valence-corrected chi connectivity index (χ0v) is 14.5. The van der Waals surface area contributed by atoms with Gasteiger partial charge in [-0.1, -0.05) is 32.0 Å². The van der Waals surface area contributed by atoms with Gasteiger partial charge in [0.1, 0.15) is 6.04 Å². The van der Waals surface area contributed by atoms with E-state index in [1.165, 1.54) is 7.11 Å². The van der Waals surface area contributed by atoms with Crippen LogP contribution in [0.3, 0.4) is 0 Å². The van der Waals surface area contributed by atoms with E-state index in [1.807, 2.05) is 38.1 Å². The Labute approximate surface area is 142 Å². The van der Waals surface area contributed by atoms with Crippen LogP contribution in [0.5, 0.6) is 0 Å². The Morgan fingerprint density at radius 3 is 2.62 bits per heavy atom. The van der Waals surface area contributed by atoms with Gasteiger partial charge in [-0.2, -0.15) is 0 Å². The molecule has 0 spiro atoms. The van der Waals surface area contributed by atoms with Crippen molar-refractivity contribution < 1.29 is 19.1 Å². The maximum absolute atomic E-state index is 12.7. The molecule has 24 heavy (non-hydrogen) atoms. The van der Waals surface area contributed by atoms with Crippen molar-refractivity contribution in [1.29, 1.82) is 0 Å². The summed E-state index contributed by atoms with van der Waals surface area (Å²) in [4.78, 5) is 38.4. The molecule has 0 unspecified atom stereocenters. The zero-order valence-electron chi connectivity index (χ0n) is 14.5. The van der Waals surface area contributed by atoms with Gasteiger partial charge >= 0.3 is 5.97 Å². The van der Waals surface area contributed by atoms with Gasteiger partial charge in [0.05, 0.1) is 13.0 Å². The van der Waals surface area contributed by atoms with Gasteiger partial charge in [0.15, 0.2) is 0 Å². The van der Waals surface area contributed by atoms with Gasteiger partial charge in [-0.25, -0.2) is 4.79 Å². The summed E-state index contributed by atoms with van der Waals surface area (Å²) in [5.74, 6) is -1.28. The number of anilines is 1. The number of amides is 2. The summed E-state index contributed by atoms with van der Waals surface area (Å²) in [6, 6.07) is 6.63. The molecule has 1 heterocycles. The Balaban J connectivity index is 2.24. The summed E-state index contributed by atoms with van der Waals surface area (Å²) >= 11 is 0. The fraction of sp³-hybridized carbons (Fsp3) is 0.500. The second kappa shape index (κ2) is 7.47. The van der Waals surface area contributed by atoms with Crippen molar-refractivity contribution in [2.45, 2.75) is 38.6 Å². The van der Waals surface area contributed by atoms with Crippen molar-refractivity contribution in [2.75, 3.05) is 19.1 Å². The Morgan fingerprint density at radius 2 is 2.00 bits per heavy atom. The first-order chi connectivity index (χ1) is 11.3. The molecule has 130 valence electrons. The molecule has 6 nitrogen and oxygen atoms in total. The van der Waals surface area contributed by atoms with Gasteiger partial charge in [-0.05, 0) is 24.0 Å². The number of methoxy groups -OCH3 is 1. The minimum Gasteiger partial charge on any atom is -0.467 e. The van der Waals surface area contributed by atoms with Gasteiger partial charge in [0.25, 0.3) is 0 Å². The zero-order chi connectivity index (χ0) is 17.9. The van der Waals surface area contributed by atoms with E-state index < -0.39 is 17.9 Å². The summed E-state index contributed by atoms with van der Waals surface area (Å²) in [5.41, 5.74) is 1.53. The molecule has 0 aliphatic carbocycles. The number of carbonyl (C=O) groups excluding carboxylic acids is 3. The molecule has 0 saturated carbocycles. The second-order valence-electron chi connectivity index (χ2n) is 6.48. The lowest BCUT2D eigenvalue weighted by atomic mass is 9.88. The average Bonchev–Trinajstić information content (AvgIpc) is 2.56. The minimum absolute atomic E-state index is 0.0922. The van der Waals surface area contributed by atoms with E-state index in [9.17, 15) is 14.4 Å². The van der Waals surface area contributed by atoms with Gasteiger partial charge in [0, 0.05) is 19.2 Å². The molecular formula is C18H24N2O4. The van der Waals surface area contributed by atoms with E-state index in [2.05, 4.69) is 5.32 Å². The SMILES string of the molecule is COC(=O)[C@H](CC(C)C)NC(=O)[C@H]1CC(=O)N(C)c2ccccc21. The predicted molar refractivity (Wildman–Crippen MR) is 90.6 cm³/mol. The van der Waals surface area contributed by atoms with Gasteiger partial charge in [-0.15, -0.1) is 0 Å². The van der Waals surface area contributed by atoms with E-state index >= 15 is 0 Å². The van der Waals surface area contributed by atoms with Crippen molar-refractivity contribution in [1.82, 2.24) is 5.32 Å². The molecule has 0 radical (unpaired) electrons. The Hall–Kier alpha value is -2.37. The summed E-state index contributed by atoms with van der Waals surface area (Å²) in [6.07, 6.45) is 0.579. The molecule has 0 saturated heterocycles. The Kier molecular flexibility index (Phi) is 5.59. The topological polar surface area (TPSA) is 75.7 Å². The fourth-order valence-electron chi connectivity index (χ4n) is 2.98. The maximum Gasteiger partial charge on any atom is 0.328 e. The number of para-hydroxylation sites is 1. The Bertz CT molecular complexity index is 642. The number of esters is 1. The summed E-state index contributed by atoms with van der Waals surface area (Å²) in [5, 5.41) is 2.76. The number of hydrogen-bond donors (Lipinski definition) is 1. The monoisotopic (exact) mass is 332 g/mol. The van der Waals surface area contributed by atoms with E-state index in [-0.39, 0.29) is 24.2 Å². The first kappa shape index (κ1) is 18.0. The Morgan fingerprint density at radius 1 is 1.33 bits per heavy atom. The summed E-state index contributed by atoms with van der Waals surface area (Å²) in [7, 11) is 3.00. The molecule has 0 aromatic heterocycles. The lowest BCUT2D eigenvalue weighted by molar-refractivity contribution is -0.145. The highest BCUT2D eigenvalue weighted by Gasteiger charge is 2.35. The van der Waals surface area contributed by atoms with Crippen molar-refractivity contribution in [3.8, 4) is 0 Å². The molecule has 1 aliphatic heterocycles. The lowest BCUT2D eigenvalue weighted by Gasteiger charge is -2.31. The third kappa shape index (κ3) is 3.75. The smallest absolute Gasteiger partial charge is 0.328 e. The number of benzene rings is 1. The molecule has 0 fully saturated rings. The third-order valence-electron chi connectivity index (χ3n) is 4.25. The van der Waals surface area contributed by atoms with Crippen LogP contribution in [0.1, 0.15) is 38.2 Å². The highest BCUT2D eigenvalue weighted by Crippen LogP contribution is 2.35. The molecule has 1 aliphatic rings. The van der Waals surface area contributed by atoms with Gasteiger partial charge in [0.2, 0.25) is 11.8 Å². The maximum atomic E-state index is 12.7. The highest BCUT2D eigenvalue weighted by molar-refractivity contribution is 6.03. The van der Waals surface area contributed by atoms with Crippen molar-refractivity contribution in [3.63, 3.8) is 0 Å². The minimum atomic E-state index is -0.704. The van der Waals surface area contributed by atoms with Crippen molar-refractivity contribution in [2.24, 2.45) is 5.92 Å². The van der Waals surface area contributed by atoms with Crippen LogP contribution in [-0.2, 0) is 19.1 Å². The molecular weight excluding hydrogens is 308 g/mol. The molecule has 1 aromatic rings. The fourth-order valence-corrected chi connectivity index (χ4v) is 2.98. The predicted octanol–water partition coefficient (Wildman–Crippen LogP) is 1.84. The molecule has 0 bridgehead atoms. The van der Waals surface area contributed by atoms with Crippen LogP contribution < -0.4 is 10.2 Å². The van der Waals surface area contributed by atoms with E-state index in [0.717, 1.165) is 11.3 Å². The van der Waals surface area contributed by atoms with E-state index in [1.54, 1.807) is 11.9 Å². The van der Waals surface area contributed by atoms with Crippen LogP contribution in [0.4, 0.5) is 5.69 Å². The quantitative estimate of drug-likeness (QED) is 0.835. The molecule has 2 atom stereocenters. The van der Waals surface area contributed by atoms with Crippen LogP contribution in [-0.4, -0.2) is 38.0 Å². The number of nitrogens with zero attached hydrogens (tertiary/aromatic N) is 1. The van der Waals surface area contributed by atoms with Crippen molar-refractivity contribution in [3.05, 3.63) is 29.8 Å². The van der Waals surface area contributed by atoms with Crippen LogP contribution in [0.25, 0.3) is 0 Å². The van der Waals surface area contributed by atoms with E-state index in [4.69, 9.17) is 4.74 Å². The molecule has 2 rings (SSSR count). The standard InChI is InChI=1S/C18H24N2O4/c1-11(2)9-14(18(23)24-4)19-17(22)13-10-16(21)20(3)15-8-6-5-7-12(13)15/h5-8,11,13-14H,9-10H2,1-4H3,(H,19,22)/t13-,14-/m0/s1. The average molecular weight is 332 g/mol. The second-order valence-corrected chi connectivity index (χ2v) is 6.48. The van der Waals surface area contributed by atoms with Crippen LogP contribution in [0.2, 0.25) is 0 Å². The summed E-state index contributed by atoms with van der Waals surface area (Å²) < 4.78 is 4.78. The molecule has 2 amide bonds. The highest BCUT2D eigenvalue weighted by atomic mass is 16.5. The number of hydrogen-bond acceptors (Lipinski definition) is 4. The van der Waals surface area contributed by atoms with Crippen LogP contribution in [0, 0.1) is 5.92 Å². The molecule has 6 heteroatoms. The molecule has 1 aromatic carbocycles. The number of carbonyl (C=O) groups is 3. The number of nitrogens with one attached hydrogen (secondary N) is 1. The van der Waals surface area contributed by atoms with E-state index in [0.29, 0.717) is 6.42 Å². The lowest BCUT2D eigenvalue weighted by Crippen LogP contribution is -2.46. The van der Waals surface area contributed by atoms with Crippen LogP contribution >= 0.6 is 0 Å². The number of rotatable bonds is 5. The number of ether oxygens (including phenoxy) is 1. The summed E-state index contributed by atoms with van der Waals surface area (Å²) in [6.45, 7) is 3.94. The van der Waals surface area contributed by atoms with Gasteiger partial charge in [-0.3, -0.25) is 9.59 Å². The third-order valence-corrected chi connectivity index (χ3v) is 4.25. The van der Waals surface area contributed by atoms with Crippen LogP contribution in [0.15, 0.2) is 24.3 Å². The largest absolute Gasteiger partial charge is 0.467 e. The normalized spacial score (nSPS) is 18.1. The molecule has 1 N–H and O–H groups in total. The van der Waals surface area contributed by atoms with Gasteiger partial charge < -0.3 is 15.0 Å². The van der Waals surface area contributed by atoms with Crippen molar-refractivity contribution >= 4 is 23.5 Å². The number of fused-ring (bicyclic) bond motifs is 1. The first-order valence-electron chi connectivity index (χ1n) is 8.08.